The van der Waals surface area contributed by atoms with Crippen molar-refractivity contribution in [2.75, 3.05) is 6.54 Å². The van der Waals surface area contributed by atoms with Crippen molar-refractivity contribution in [1.29, 1.82) is 0 Å². The highest BCUT2D eigenvalue weighted by Crippen LogP contribution is 2.12. The van der Waals surface area contributed by atoms with Gasteiger partial charge in [0.15, 0.2) is 0 Å². The predicted octanol–water partition coefficient (Wildman–Crippen LogP) is 0.745. The summed E-state index contributed by atoms with van der Waals surface area (Å²) in [7, 11) is 0. The summed E-state index contributed by atoms with van der Waals surface area (Å²) in [5.74, 6) is 1.78. The van der Waals surface area contributed by atoms with Gasteiger partial charge in [-0.25, -0.2) is 4.79 Å². The maximum absolute atomic E-state index is 11.7. The van der Waals surface area contributed by atoms with Gasteiger partial charge in [0, 0.05) is 0 Å². The monoisotopic (exact) mass is 232 g/mol. The van der Waals surface area contributed by atoms with Crippen LogP contribution in [0.2, 0.25) is 0 Å². The molecular weight excluding hydrogens is 220 g/mol. The van der Waals surface area contributed by atoms with Gasteiger partial charge in [-0.2, -0.15) is 0 Å². The summed E-state index contributed by atoms with van der Waals surface area (Å²) in [4.78, 5) is 22.3. The van der Waals surface area contributed by atoms with E-state index in [1.54, 1.807) is 30.3 Å². The normalized spacial score (nSPS) is 11.0. The van der Waals surface area contributed by atoms with E-state index in [1.807, 2.05) is 0 Å². The number of amides is 2. The van der Waals surface area contributed by atoms with Gasteiger partial charge >= 0.3 is 6.09 Å². The minimum atomic E-state index is -1.27. The maximum Gasteiger partial charge on any atom is 0.405 e. The van der Waals surface area contributed by atoms with E-state index in [0.29, 0.717) is 5.56 Å². The van der Waals surface area contributed by atoms with Crippen LogP contribution in [-0.4, -0.2) is 23.7 Å². The van der Waals surface area contributed by atoms with E-state index in [9.17, 15) is 9.59 Å². The zero-order valence-electron chi connectivity index (χ0n) is 9.01. The number of terminal acetylenes is 1. The second kappa shape index (κ2) is 6.18. The Morgan fingerprint density at radius 1 is 1.35 bits per heavy atom. The van der Waals surface area contributed by atoms with E-state index in [4.69, 9.17) is 11.5 Å². The number of benzene rings is 1. The Morgan fingerprint density at radius 3 is 2.53 bits per heavy atom. The average Bonchev–Trinajstić information content (AvgIpc) is 2.34. The SMILES string of the molecule is C#CCNC(=O)C(NC(=O)O)c1ccccc1. The van der Waals surface area contributed by atoms with Crippen molar-refractivity contribution in [2.45, 2.75) is 6.04 Å². The number of nitrogens with one attached hydrogen (secondary N) is 2. The molecule has 0 radical (unpaired) electrons. The topological polar surface area (TPSA) is 78.4 Å². The van der Waals surface area contributed by atoms with Gasteiger partial charge in [-0.05, 0) is 5.56 Å². The van der Waals surface area contributed by atoms with Crippen LogP contribution in [-0.2, 0) is 4.79 Å². The van der Waals surface area contributed by atoms with Crippen LogP contribution >= 0.6 is 0 Å². The van der Waals surface area contributed by atoms with Gasteiger partial charge in [-0.3, -0.25) is 4.79 Å². The molecule has 0 heterocycles. The number of carbonyl (C=O) groups is 2. The molecule has 2 amide bonds. The van der Waals surface area contributed by atoms with Gasteiger partial charge in [0.1, 0.15) is 6.04 Å². The lowest BCUT2D eigenvalue weighted by Crippen LogP contribution is -2.39. The Balaban J connectivity index is 2.85. The summed E-state index contributed by atoms with van der Waals surface area (Å²) in [6.45, 7) is 0.0590. The molecule has 5 heteroatoms. The molecule has 5 nitrogen and oxygen atoms in total. The van der Waals surface area contributed by atoms with Crippen molar-refractivity contribution < 1.29 is 14.7 Å². The summed E-state index contributed by atoms with van der Waals surface area (Å²) < 4.78 is 0. The lowest BCUT2D eigenvalue weighted by molar-refractivity contribution is -0.122. The second-order valence-corrected chi connectivity index (χ2v) is 3.22. The molecule has 0 fully saturated rings. The van der Waals surface area contributed by atoms with Crippen LogP contribution in [0.25, 0.3) is 0 Å². The lowest BCUT2D eigenvalue weighted by Gasteiger charge is -2.16. The van der Waals surface area contributed by atoms with Crippen molar-refractivity contribution in [3.8, 4) is 12.3 Å². The average molecular weight is 232 g/mol. The predicted molar refractivity (Wildman–Crippen MR) is 62.2 cm³/mol. The smallest absolute Gasteiger partial charge is 0.405 e. The third-order valence-corrected chi connectivity index (χ3v) is 2.03. The number of carboxylic acid groups (broad SMARTS) is 1. The molecular formula is C12H12N2O3. The molecule has 1 atom stereocenters. The molecule has 17 heavy (non-hydrogen) atoms. The first-order valence-electron chi connectivity index (χ1n) is 4.90. The first-order valence-corrected chi connectivity index (χ1v) is 4.90. The quantitative estimate of drug-likeness (QED) is 0.670. The van der Waals surface area contributed by atoms with Crippen LogP contribution in [0, 0.1) is 12.3 Å². The van der Waals surface area contributed by atoms with Crippen LogP contribution in [0.15, 0.2) is 30.3 Å². The summed E-state index contributed by atoms with van der Waals surface area (Å²) >= 11 is 0. The second-order valence-electron chi connectivity index (χ2n) is 3.22. The molecule has 0 aliphatic carbocycles. The Morgan fingerprint density at radius 2 is 2.00 bits per heavy atom. The zero-order valence-corrected chi connectivity index (χ0v) is 9.01. The van der Waals surface area contributed by atoms with Gasteiger partial charge in [0.05, 0.1) is 6.54 Å². The maximum atomic E-state index is 11.7. The van der Waals surface area contributed by atoms with E-state index in [2.05, 4.69) is 16.6 Å². The third-order valence-electron chi connectivity index (χ3n) is 2.03. The van der Waals surface area contributed by atoms with E-state index < -0.39 is 18.0 Å². The third kappa shape index (κ3) is 3.87. The van der Waals surface area contributed by atoms with Crippen LogP contribution in [0.1, 0.15) is 11.6 Å². The van der Waals surface area contributed by atoms with Crippen LogP contribution < -0.4 is 10.6 Å². The Bertz CT molecular complexity index is 437. The fourth-order valence-corrected chi connectivity index (χ4v) is 1.31. The molecule has 0 aliphatic rings. The molecule has 1 unspecified atom stereocenters. The molecule has 0 saturated carbocycles. The number of carbonyl (C=O) groups excluding carboxylic acids is 1. The van der Waals surface area contributed by atoms with E-state index >= 15 is 0 Å². The summed E-state index contributed by atoms with van der Waals surface area (Å²) in [5, 5.41) is 13.3. The van der Waals surface area contributed by atoms with Crippen LogP contribution in [0.4, 0.5) is 4.79 Å². The van der Waals surface area contributed by atoms with E-state index in [1.165, 1.54) is 0 Å². The molecule has 1 rings (SSSR count). The molecule has 0 aliphatic heterocycles. The Labute approximate surface area is 98.8 Å². The highest BCUT2D eigenvalue weighted by Gasteiger charge is 2.21. The lowest BCUT2D eigenvalue weighted by atomic mass is 10.1. The Hall–Kier alpha value is -2.48. The molecule has 1 aromatic carbocycles. The highest BCUT2D eigenvalue weighted by molar-refractivity contribution is 5.86. The van der Waals surface area contributed by atoms with Crippen LogP contribution in [0.3, 0.4) is 0 Å². The zero-order chi connectivity index (χ0) is 12.7. The number of hydrogen-bond acceptors (Lipinski definition) is 2. The number of rotatable bonds is 4. The van der Waals surface area contributed by atoms with Crippen molar-refractivity contribution >= 4 is 12.0 Å². The molecule has 88 valence electrons. The summed E-state index contributed by atoms with van der Waals surface area (Å²) in [6, 6.07) is 7.59. The minimum absolute atomic E-state index is 0.0590. The fourth-order valence-electron chi connectivity index (χ4n) is 1.31. The van der Waals surface area contributed by atoms with E-state index in [0.717, 1.165) is 0 Å². The first kappa shape index (κ1) is 12.6. The first-order chi connectivity index (χ1) is 8.15. The van der Waals surface area contributed by atoms with Gasteiger partial charge in [-0.1, -0.05) is 36.3 Å². The standard InChI is InChI=1S/C12H12N2O3/c1-2-8-13-11(15)10(14-12(16)17)9-6-4-3-5-7-9/h1,3-7,10,14H,8H2,(H,13,15)(H,16,17). The van der Waals surface area contributed by atoms with E-state index in [-0.39, 0.29) is 6.54 Å². The summed E-state index contributed by atoms with van der Waals surface area (Å²) in [6.07, 6.45) is 3.75. The fraction of sp³-hybridized carbons (Fsp3) is 0.167. The van der Waals surface area contributed by atoms with Crippen molar-refractivity contribution in [2.24, 2.45) is 0 Å². The van der Waals surface area contributed by atoms with Crippen molar-refractivity contribution in [3.63, 3.8) is 0 Å². The van der Waals surface area contributed by atoms with Gasteiger partial charge in [0.2, 0.25) is 5.91 Å². The van der Waals surface area contributed by atoms with Gasteiger partial charge in [-0.15, -0.1) is 6.42 Å². The molecule has 0 aromatic heterocycles. The largest absolute Gasteiger partial charge is 0.465 e. The molecule has 0 saturated heterocycles. The summed E-state index contributed by atoms with van der Waals surface area (Å²) in [5.41, 5.74) is 0.560. The minimum Gasteiger partial charge on any atom is -0.465 e. The highest BCUT2D eigenvalue weighted by atomic mass is 16.4. The molecule has 0 spiro atoms. The van der Waals surface area contributed by atoms with Gasteiger partial charge in [0.25, 0.3) is 0 Å². The molecule has 1 aromatic rings. The van der Waals surface area contributed by atoms with Crippen molar-refractivity contribution in [3.05, 3.63) is 35.9 Å². The Kier molecular flexibility index (Phi) is 4.58. The van der Waals surface area contributed by atoms with Gasteiger partial charge < -0.3 is 15.7 Å². The number of hydrogen-bond donors (Lipinski definition) is 3. The van der Waals surface area contributed by atoms with Crippen molar-refractivity contribution in [1.82, 2.24) is 10.6 Å². The molecule has 0 bridgehead atoms. The van der Waals surface area contributed by atoms with Crippen LogP contribution in [0.5, 0.6) is 0 Å². The molecule has 3 N–H and O–H groups in total.